The molecule has 7 nitrogen and oxygen atoms in total. The maximum absolute atomic E-state index is 14.0. The number of amides is 1. The Morgan fingerprint density at radius 1 is 0.897 bits per heavy atom. The Morgan fingerprint density at radius 2 is 1.54 bits per heavy atom. The van der Waals surface area contributed by atoms with Crippen LogP contribution in [0.25, 0.3) is 0 Å². The van der Waals surface area contributed by atoms with Gasteiger partial charge in [0.05, 0.1) is 7.11 Å². The number of benzene rings is 4. The van der Waals surface area contributed by atoms with Gasteiger partial charge in [-0.15, -0.1) is 0 Å². The number of fused-ring (bicyclic) bond motifs is 1. The Balaban J connectivity index is 1.48. The van der Waals surface area contributed by atoms with Crippen molar-refractivity contribution in [3.63, 3.8) is 0 Å². The first-order valence-electron chi connectivity index (χ1n) is 12.7. The number of carboxylic acid groups (broad SMARTS) is 1. The first-order valence-corrected chi connectivity index (χ1v) is 12.7. The molecule has 198 valence electrons. The van der Waals surface area contributed by atoms with E-state index in [1.54, 1.807) is 37.4 Å². The first kappa shape index (κ1) is 25.9. The number of hydrogen-bond acceptors (Lipinski definition) is 5. The lowest BCUT2D eigenvalue weighted by atomic mass is 9.91. The van der Waals surface area contributed by atoms with Crippen molar-refractivity contribution < 1.29 is 28.9 Å². The molecule has 0 unspecified atom stereocenters. The molecule has 4 aromatic rings. The molecule has 1 heterocycles. The number of aliphatic carboxylic acids is 1. The van der Waals surface area contributed by atoms with Crippen LogP contribution in [0.2, 0.25) is 0 Å². The van der Waals surface area contributed by atoms with Crippen LogP contribution in [0.15, 0.2) is 103 Å². The third-order valence-corrected chi connectivity index (χ3v) is 6.77. The fourth-order valence-corrected chi connectivity index (χ4v) is 4.79. The summed E-state index contributed by atoms with van der Waals surface area (Å²) in [5.74, 6) is 0.00821. The second-order valence-electron chi connectivity index (χ2n) is 9.25. The summed E-state index contributed by atoms with van der Waals surface area (Å²) in [6, 6.07) is 30.4. The van der Waals surface area contributed by atoms with Crippen LogP contribution in [0, 0.1) is 0 Å². The lowest BCUT2D eigenvalue weighted by Gasteiger charge is -2.37. The third kappa shape index (κ3) is 5.72. The van der Waals surface area contributed by atoms with Gasteiger partial charge in [-0.2, -0.15) is 0 Å². The van der Waals surface area contributed by atoms with Gasteiger partial charge in [-0.05, 0) is 29.3 Å². The van der Waals surface area contributed by atoms with Gasteiger partial charge in [-0.25, -0.2) is 4.79 Å². The Hall–Kier alpha value is -4.78. The van der Waals surface area contributed by atoms with Gasteiger partial charge in [0, 0.05) is 24.1 Å². The average molecular weight is 524 g/mol. The molecule has 0 saturated carbocycles. The van der Waals surface area contributed by atoms with Gasteiger partial charge in [0.1, 0.15) is 18.4 Å². The number of ether oxygens (including phenoxy) is 3. The zero-order chi connectivity index (χ0) is 27.2. The number of rotatable bonds is 9. The standard InChI is InChI=1S/C32H29NO6/c1-37-28-18-17-24-20-33(27(32(35)36)19-26(24)30(28)38-21-22-11-5-2-6-12-22)31(34)29(23-13-7-3-8-14-23)39-25-15-9-4-10-16-25/h2-18,27,29H,19-21H2,1H3,(H,35,36)/t27-,29-/m1/s1. The predicted octanol–water partition coefficient (Wildman–Crippen LogP) is 5.43. The second kappa shape index (κ2) is 11.7. The molecule has 0 bridgehead atoms. The lowest BCUT2D eigenvalue weighted by Crippen LogP contribution is -2.51. The monoisotopic (exact) mass is 523 g/mol. The van der Waals surface area contributed by atoms with Crippen molar-refractivity contribution in [1.29, 1.82) is 0 Å². The Bertz CT molecular complexity index is 1430. The van der Waals surface area contributed by atoms with Gasteiger partial charge in [0.15, 0.2) is 11.5 Å². The number of nitrogens with zero attached hydrogens (tertiary/aromatic N) is 1. The summed E-state index contributed by atoms with van der Waals surface area (Å²) in [4.78, 5) is 28.0. The highest BCUT2D eigenvalue weighted by Gasteiger charge is 2.40. The van der Waals surface area contributed by atoms with Crippen molar-refractivity contribution in [3.05, 3.63) is 125 Å². The Kier molecular flexibility index (Phi) is 7.78. The van der Waals surface area contributed by atoms with Crippen LogP contribution in [0.3, 0.4) is 0 Å². The van der Waals surface area contributed by atoms with Gasteiger partial charge in [0.25, 0.3) is 5.91 Å². The highest BCUT2D eigenvalue weighted by atomic mass is 16.5. The van der Waals surface area contributed by atoms with Gasteiger partial charge in [0.2, 0.25) is 6.10 Å². The van der Waals surface area contributed by atoms with E-state index in [0.717, 1.165) is 16.7 Å². The molecule has 1 aliphatic heterocycles. The fourth-order valence-electron chi connectivity index (χ4n) is 4.79. The summed E-state index contributed by atoms with van der Waals surface area (Å²) in [7, 11) is 1.55. The molecule has 0 saturated heterocycles. The molecular weight excluding hydrogens is 494 g/mol. The molecule has 1 aliphatic rings. The SMILES string of the molecule is COc1ccc2c(c1OCc1ccccc1)C[C@H](C(=O)O)N(C(=O)[C@H](Oc1ccccc1)c1ccccc1)C2. The summed E-state index contributed by atoms with van der Waals surface area (Å²) in [5, 5.41) is 10.2. The summed E-state index contributed by atoms with van der Waals surface area (Å²) < 4.78 is 17.9. The minimum absolute atomic E-state index is 0.0740. The van der Waals surface area contributed by atoms with Crippen LogP contribution in [0.1, 0.15) is 28.4 Å². The van der Waals surface area contributed by atoms with E-state index in [4.69, 9.17) is 14.2 Å². The molecule has 0 aromatic heterocycles. The molecule has 1 N–H and O–H groups in total. The largest absolute Gasteiger partial charge is 0.493 e. The van der Waals surface area contributed by atoms with Crippen LogP contribution < -0.4 is 14.2 Å². The van der Waals surface area contributed by atoms with Gasteiger partial charge < -0.3 is 24.2 Å². The smallest absolute Gasteiger partial charge is 0.326 e. The van der Waals surface area contributed by atoms with Gasteiger partial charge in [-0.3, -0.25) is 4.79 Å². The first-order chi connectivity index (χ1) is 19.0. The highest BCUT2D eigenvalue weighted by Crippen LogP contribution is 2.39. The molecule has 39 heavy (non-hydrogen) atoms. The number of methoxy groups -OCH3 is 1. The van der Waals surface area contributed by atoms with Crippen LogP contribution in [0.4, 0.5) is 0 Å². The third-order valence-electron chi connectivity index (χ3n) is 6.77. The molecule has 2 atom stereocenters. The fraction of sp³-hybridized carbons (Fsp3) is 0.188. The number of carbonyl (C=O) groups is 2. The van der Waals surface area contributed by atoms with E-state index in [9.17, 15) is 14.7 Å². The van der Waals surface area contributed by atoms with Crippen molar-refractivity contribution in [3.8, 4) is 17.2 Å². The van der Waals surface area contributed by atoms with Crippen LogP contribution in [-0.4, -0.2) is 35.0 Å². The summed E-state index contributed by atoms with van der Waals surface area (Å²) in [6.07, 6.45) is -0.936. The van der Waals surface area contributed by atoms with Crippen molar-refractivity contribution in [2.45, 2.75) is 31.7 Å². The van der Waals surface area contributed by atoms with Crippen molar-refractivity contribution in [1.82, 2.24) is 4.90 Å². The molecule has 0 spiro atoms. The highest BCUT2D eigenvalue weighted by molar-refractivity contribution is 5.88. The van der Waals surface area contributed by atoms with Crippen LogP contribution in [0.5, 0.6) is 17.2 Å². The zero-order valence-corrected chi connectivity index (χ0v) is 21.5. The van der Waals surface area contributed by atoms with Gasteiger partial charge >= 0.3 is 5.97 Å². The number of carbonyl (C=O) groups excluding carboxylic acids is 1. The average Bonchev–Trinajstić information content (AvgIpc) is 2.99. The summed E-state index contributed by atoms with van der Waals surface area (Å²) in [6.45, 7) is 0.396. The Morgan fingerprint density at radius 3 is 2.18 bits per heavy atom. The molecule has 1 amide bonds. The molecule has 4 aromatic carbocycles. The summed E-state index contributed by atoms with van der Waals surface area (Å²) in [5.41, 5.74) is 3.14. The molecular formula is C32H29NO6. The van der Waals surface area contributed by atoms with E-state index in [-0.39, 0.29) is 13.0 Å². The lowest BCUT2D eigenvalue weighted by molar-refractivity contribution is -0.155. The minimum atomic E-state index is -1.11. The maximum Gasteiger partial charge on any atom is 0.326 e. The van der Waals surface area contributed by atoms with Crippen molar-refractivity contribution >= 4 is 11.9 Å². The van der Waals surface area contributed by atoms with E-state index in [1.165, 1.54) is 4.90 Å². The topological polar surface area (TPSA) is 85.3 Å². The van der Waals surface area contributed by atoms with Crippen LogP contribution >= 0.6 is 0 Å². The molecule has 0 fully saturated rings. The summed E-state index contributed by atoms with van der Waals surface area (Å²) >= 11 is 0. The molecule has 0 radical (unpaired) electrons. The second-order valence-corrected chi connectivity index (χ2v) is 9.25. The van der Waals surface area contributed by atoms with E-state index in [1.807, 2.05) is 72.8 Å². The molecule has 5 rings (SSSR count). The van der Waals surface area contributed by atoms with Crippen molar-refractivity contribution in [2.75, 3.05) is 7.11 Å². The number of carboxylic acids is 1. The quantitative estimate of drug-likeness (QED) is 0.315. The predicted molar refractivity (Wildman–Crippen MR) is 146 cm³/mol. The van der Waals surface area contributed by atoms with E-state index in [2.05, 4.69) is 0 Å². The molecule has 7 heteroatoms. The van der Waals surface area contributed by atoms with Gasteiger partial charge in [-0.1, -0.05) is 84.9 Å². The van der Waals surface area contributed by atoms with E-state index < -0.39 is 24.0 Å². The number of hydrogen-bond donors (Lipinski definition) is 1. The van der Waals surface area contributed by atoms with Crippen LogP contribution in [-0.2, 0) is 29.2 Å². The normalized spacial score (nSPS) is 15.1. The van der Waals surface area contributed by atoms with E-state index in [0.29, 0.717) is 29.4 Å². The molecule has 0 aliphatic carbocycles. The zero-order valence-electron chi connectivity index (χ0n) is 21.5. The number of para-hydroxylation sites is 1. The Labute approximate surface area is 227 Å². The van der Waals surface area contributed by atoms with Crippen molar-refractivity contribution in [2.24, 2.45) is 0 Å². The van der Waals surface area contributed by atoms with E-state index >= 15 is 0 Å². The minimum Gasteiger partial charge on any atom is -0.493 e. The maximum atomic E-state index is 14.0.